The first-order valence-electron chi connectivity index (χ1n) is 6.33. The predicted molar refractivity (Wildman–Crippen MR) is 69.8 cm³/mol. The van der Waals surface area contributed by atoms with E-state index < -0.39 is 12.3 Å². The van der Waals surface area contributed by atoms with Crippen LogP contribution in [0.3, 0.4) is 0 Å². The summed E-state index contributed by atoms with van der Waals surface area (Å²) < 4.78 is 42.9. The third-order valence-corrected chi connectivity index (χ3v) is 3.34. The smallest absolute Gasteiger partial charge is 0.365 e. The maximum atomic E-state index is 12.7. The van der Waals surface area contributed by atoms with Crippen LogP contribution in [0.1, 0.15) is 0 Å². The van der Waals surface area contributed by atoms with Gasteiger partial charge in [-0.1, -0.05) is 18.2 Å². The van der Waals surface area contributed by atoms with Crippen molar-refractivity contribution in [3.63, 3.8) is 0 Å². The first-order chi connectivity index (χ1) is 9.54. The molecule has 1 unspecified atom stereocenters. The van der Waals surface area contributed by atoms with Crippen molar-refractivity contribution in [3.05, 3.63) is 36.4 Å². The lowest BCUT2D eigenvalue weighted by molar-refractivity contribution is -0.221. The number of alkyl halides is 3. The fourth-order valence-corrected chi connectivity index (χ4v) is 2.29. The SMILES string of the molecule is FC(F)(F)C1CN(c2ccc3ccccc3n2)CCO1. The Bertz CT molecular complexity index is 615. The highest BCUT2D eigenvalue weighted by atomic mass is 19.4. The number of ether oxygens (including phenoxy) is 1. The van der Waals surface area contributed by atoms with Crippen LogP contribution in [0.25, 0.3) is 10.9 Å². The molecule has 20 heavy (non-hydrogen) atoms. The van der Waals surface area contributed by atoms with Gasteiger partial charge in [-0.05, 0) is 18.2 Å². The number of aromatic nitrogens is 1. The van der Waals surface area contributed by atoms with Crippen molar-refractivity contribution < 1.29 is 17.9 Å². The van der Waals surface area contributed by atoms with Crippen LogP contribution in [0.2, 0.25) is 0 Å². The molecular formula is C14H13F3N2O. The maximum absolute atomic E-state index is 12.7. The molecule has 0 spiro atoms. The molecule has 0 aliphatic carbocycles. The Morgan fingerprint density at radius 2 is 1.95 bits per heavy atom. The van der Waals surface area contributed by atoms with Gasteiger partial charge in [-0.3, -0.25) is 0 Å². The van der Waals surface area contributed by atoms with E-state index in [0.29, 0.717) is 12.4 Å². The summed E-state index contributed by atoms with van der Waals surface area (Å²) in [6, 6.07) is 11.1. The second kappa shape index (κ2) is 4.94. The van der Waals surface area contributed by atoms with Crippen LogP contribution in [0.4, 0.5) is 19.0 Å². The van der Waals surface area contributed by atoms with Crippen LogP contribution in [0, 0.1) is 0 Å². The standard InChI is InChI=1S/C14H13F3N2O/c15-14(16,17)12-9-19(7-8-20-12)13-6-5-10-3-1-2-4-11(10)18-13/h1-6,12H,7-9H2. The summed E-state index contributed by atoms with van der Waals surface area (Å²) >= 11 is 0. The molecule has 106 valence electrons. The van der Waals surface area contributed by atoms with E-state index in [1.54, 1.807) is 11.0 Å². The minimum Gasteiger partial charge on any atom is -0.365 e. The van der Waals surface area contributed by atoms with E-state index in [9.17, 15) is 13.2 Å². The Morgan fingerprint density at radius 3 is 2.75 bits per heavy atom. The summed E-state index contributed by atoms with van der Waals surface area (Å²) in [4.78, 5) is 6.04. The van der Waals surface area contributed by atoms with E-state index in [1.807, 2.05) is 30.3 Å². The maximum Gasteiger partial charge on any atom is 0.416 e. The van der Waals surface area contributed by atoms with Gasteiger partial charge in [0.05, 0.1) is 18.7 Å². The van der Waals surface area contributed by atoms with Crippen molar-refractivity contribution in [2.45, 2.75) is 12.3 Å². The minimum atomic E-state index is -4.34. The number of halogens is 3. The summed E-state index contributed by atoms with van der Waals surface area (Å²) in [5.41, 5.74) is 0.778. The largest absolute Gasteiger partial charge is 0.416 e. The molecule has 1 aromatic heterocycles. The number of nitrogens with zero attached hydrogens (tertiary/aromatic N) is 2. The van der Waals surface area contributed by atoms with Gasteiger partial charge in [-0.25, -0.2) is 4.98 Å². The van der Waals surface area contributed by atoms with Gasteiger partial charge in [-0.15, -0.1) is 0 Å². The zero-order chi connectivity index (χ0) is 14.2. The Kier molecular flexibility index (Phi) is 3.25. The van der Waals surface area contributed by atoms with Gasteiger partial charge in [0.25, 0.3) is 0 Å². The highest BCUT2D eigenvalue weighted by Crippen LogP contribution is 2.28. The first kappa shape index (κ1) is 13.2. The Morgan fingerprint density at radius 1 is 1.15 bits per heavy atom. The second-order valence-corrected chi connectivity index (χ2v) is 4.71. The number of pyridine rings is 1. The van der Waals surface area contributed by atoms with Crippen LogP contribution in [-0.4, -0.2) is 37.0 Å². The molecule has 0 bridgehead atoms. The number of fused-ring (bicyclic) bond motifs is 1. The zero-order valence-corrected chi connectivity index (χ0v) is 10.6. The van der Waals surface area contributed by atoms with E-state index in [1.165, 1.54) is 0 Å². The lowest BCUT2D eigenvalue weighted by atomic mass is 10.2. The van der Waals surface area contributed by atoms with Crippen LogP contribution >= 0.6 is 0 Å². The molecule has 0 saturated carbocycles. The summed E-state index contributed by atoms with van der Waals surface area (Å²) in [5.74, 6) is 0.557. The van der Waals surface area contributed by atoms with Gasteiger partial charge in [0, 0.05) is 11.9 Å². The van der Waals surface area contributed by atoms with Gasteiger partial charge < -0.3 is 9.64 Å². The summed E-state index contributed by atoms with van der Waals surface area (Å²) in [6.07, 6.45) is -6.08. The fraction of sp³-hybridized carbons (Fsp3) is 0.357. The highest BCUT2D eigenvalue weighted by molar-refractivity contribution is 5.80. The molecule has 1 aliphatic heterocycles. The third kappa shape index (κ3) is 2.56. The van der Waals surface area contributed by atoms with Crippen molar-refractivity contribution in [3.8, 4) is 0 Å². The number of anilines is 1. The van der Waals surface area contributed by atoms with Crippen molar-refractivity contribution in [2.24, 2.45) is 0 Å². The quantitative estimate of drug-likeness (QED) is 0.804. The highest BCUT2D eigenvalue weighted by Gasteiger charge is 2.43. The van der Waals surface area contributed by atoms with Gasteiger partial charge in [0.1, 0.15) is 5.82 Å². The van der Waals surface area contributed by atoms with Gasteiger partial charge >= 0.3 is 6.18 Å². The average molecular weight is 282 g/mol. The van der Waals surface area contributed by atoms with Crippen LogP contribution < -0.4 is 4.90 Å². The van der Waals surface area contributed by atoms with Crippen LogP contribution in [0.5, 0.6) is 0 Å². The number of morpholine rings is 1. The molecule has 2 heterocycles. The average Bonchev–Trinajstić information content (AvgIpc) is 2.46. The van der Waals surface area contributed by atoms with E-state index in [4.69, 9.17) is 4.74 Å². The van der Waals surface area contributed by atoms with E-state index in [2.05, 4.69) is 4.98 Å². The normalized spacial score (nSPS) is 20.4. The monoisotopic (exact) mass is 282 g/mol. The van der Waals surface area contributed by atoms with Gasteiger partial charge in [0.2, 0.25) is 0 Å². The van der Waals surface area contributed by atoms with Crippen LogP contribution in [0.15, 0.2) is 36.4 Å². The molecule has 3 rings (SSSR count). The zero-order valence-electron chi connectivity index (χ0n) is 10.6. The number of para-hydroxylation sites is 1. The number of benzene rings is 1. The molecule has 1 atom stereocenters. The summed E-state index contributed by atoms with van der Waals surface area (Å²) in [7, 11) is 0. The molecule has 1 aromatic carbocycles. The molecule has 0 N–H and O–H groups in total. The fourth-order valence-electron chi connectivity index (χ4n) is 2.29. The van der Waals surface area contributed by atoms with Crippen LogP contribution in [-0.2, 0) is 4.74 Å². The van der Waals surface area contributed by atoms with E-state index in [0.717, 1.165) is 10.9 Å². The topological polar surface area (TPSA) is 25.4 Å². The van der Waals surface area contributed by atoms with Crippen molar-refractivity contribution >= 4 is 16.7 Å². The molecule has 0 radical (unpaired) electrons. The number of rotatable bonds is 1. The van der Waals surface area contributed by atoms with E-state index in [-0.39, 0.29) is 13.2 Å². The lowest BCUT2D eigenvalue weighted by Gasteiger charge is -2.34. The summed E-state index contributed by atoms with van der Waals surface area (Å²) in [6.45, 7) is 0.255. The van der Waals surface area contributed by atoms with Gasteiger partial charge in [0.15, 0.2) is 6.10 Å². The third-order valence-electron chi connectivity index (χ3n) is 3.34. The predicted octanol–water partition coefficient (Wildman–Crippen LogP) is 3.00. The molecule has 2 aromatic rings. The van der Waals surface area contributed by atoms with Crippen molar-refractivity contribution in [1.29, 1.82) is 0 Å². The first-order valence-corrected chi connectivity index (χ1v) is 6.33. The number of hydrogen-bond donors (Lipinski definition) is 0. The van der Waals surface area contributed by atoms with Crippen molar-refractivity contribution in [2.75, 3.05) is 24.6 Å². The lowest BCUT2D eigenvalue weighted by Crippen LogP contribution is -2.49. The second-order valence-electron chi connectivity index (χ2n) is 4.71. The molecular weight excluding hydrogens is 269 g/mol. The Hall–Kier alpha value is -1.82. The Labute approximate surface area is 114 Å². The minimum absolute atomic E-state index is 0.0542. The van der Waals surface area contributed by atoms with Crippen molar-refractivity contribution in [1.82, 2.24) is 4.98 Å². The number of hydrogen-bond acceptors (Lipinski definition) is 3. The Balaban J connectivity index is 1.87. The van der Waals surface area contributed by atoms with Gasteiger partial charge in [-0.2, -0.15) is 13.2 Å². The molecule has 1 fully saturated rings. The molecule has 0 amide bonds. The molecule has 3 nitrogen and oxygen atoms in total. The molecule has 1 saturated heterocycles. The molecule has 1 aliphatic rings. The van der Waals surface area contributed by atoms with E-state index >= 15 is 0 Å². The summed E-state index contributed by atoms with van der Waals surface area (Å²) in [5, 5.41) is 0.969. The molecule has 6 heteroatoms.